The second kappa shape index (κ2) is 13.9. The van der Waals surface area contributed by atoms with Crippen LogP contribution < -0.4 is 10.6 Å². The number of hydrogen-bond acceptors (Lipinski definition) is 5. The Morgan fingerprint density at radius 2 is 1.73 bits per heavy atom. The Morgan fingerprint density at radius 1 is 1.05 bits per heavy atom. The predicted octanol–water partition coefficient (Wildman–Crippen LogP) is 4.92. The molecule has 1 aliphatic rings. The summed E-state index contributed by atoms with van der Waals surface area (Å²) in [7, 11) is 0. The molecule has 9 nitrogen and oxygen atoms in total. The minimum absolute atomic E-state index is 0.0412. The standard InChI is InChI=1S/C27H31F8N7O2/c1-13(37-26(44)22(33)17(31)10-29)15-2-3-19-20(8-15)39-24(38-19)23(14-4-6-27(34,35)7-5-14)40-25(43)21-11-36-42(41-21)12-18(32)16(30)9-28/h2-3,8,11,13-14,16-18,22-23H,4-7,9-10,12H2,1H3,(H,37,44)(H,38,39)(H,40,43)/t13-,16?,17?,18?,22?,23+/m1/s1. The van der Waals surface area contributed by atoms with Crippen molar-refractivity contribution in [3.05, 3.63) is 41.5 Å². The van der Waals surface area contributed by atoms with E-state index in [1.165, 1.54) is 6.92 Å². The number of nitrogens with one attached hydrogen (secondary N) is 3. The van der Waals surface area contributed by atoms with Gasteiger partial charge in [-0.2, -0.15) is 9.90 Å². The van der Waals surface area contributed by atoms with Crippen LogP contribution in [0.5, 0.6) is 0 Å². The number of aromatic nitrogens is 5. The average molecular weight is 638 g/mol. The SMILES string of the molecule is C[C@@H](NC(=O)C(F)C(F)CF)c1ccc2nc([C@@H](NC(=O)c3cnn(CC(F)C(F)CF)n3)C3CCC(F)(F)CC3)[nH]c2c1. The maximum Gasteiger partial charge on any atom is 0.274 e. The lowest BCUT2D eigenvalue weighted by molar-refractivity contribution is -0.129. The number of benzene rings is 1. The van der Waals surface area contributed by atoms with E-state index in [1.54, 1.807) is 18.2 Å². The van der Waals surface area contributed by atoms with Gasteiger partial charge in [0.2, 0.25) is 12.1 Å². The first-order valence-electron chi connectivity index (χ1n) is 13.9. The van der Waals surface area contributed by atoms with E-state index >= 15 is 0 Å². The summed E-state index contributed by atoms with van der Waals surface area (Å²) in [6, 6.07) is 2.95. The number of halogens is 8. The maximum absolute atomic E-state index is 13.9. The summed E-state index contributed by atoms with van der Waals surface area (Å²) in [5.41, 5.74) is 0.988. The largest absolute Gasteiger partial charge is 0.347 e. The van der Waals surface area contributed by atoms with Crippen molar-refractivity contribution in [3.8, 4) is 0 Å². The highest BCUT2D eigenvalue weighted by atomic mass is 19.3. The van der Waals surface area contributed by atoms with Crippen molar-refractivity contribution in [2.24, 2.45) is 5.92 Å². The molecule has 0 spiro atoms. The molecule has 1 aromatic carbocycles. The van der Waals surface area contributed by atoms with E-state index in [-0.39, 0.29) is 24.4 Å². The summed E-state index contributed by atoms with van der Waals surface area (Å²) in [5, 5.41) is 12.5. The van der Waals surface area contributed by atoms with Gasteiger partial charge < -0.3 is 15.6 Å². The molecular weight excluding hydrogens is 606 g/mol. The van der Waals surface area contributed by atoms with Gasteiger partial charge in [-0.3, -0.25) is 9.59 Å². The average Bonchev–Trinajstić information content (AvgIpc) is 3.65. The van der Waals surface area contributed by atoms with Crippen LogP contribution in [-0.2, 0) is 11.3 Å². The molecule has 0 radical (unpaired) electrons. The molecule has 242 valence electrons. The van der Waals surface area contributed by atoms with Crippen molar-refractivity contribution in [1.82, 2.24) is 35.6 Å². The van der Waals surface area contributed by atoms with Crippen molar-refractivity contribution in [3.63, 3.8) is 0 Å². The number of fused-ring (bicyclic) bond motifs is 1. The van der Waals surface area contributed by atoms with Crippen LogP contribution in [0.4, 0.5) is 35.1 Å². The van der Waals surface area contributed by atoms with Crippen LogP contribution in [0, 0.1) is 5.92 Å². The van der Waals surface area contributed by atoms with E-state index < -0.39 is 93.2 Å². The minimum atomic E-state index is -2.86. The maximum atomic E-state index is 13.9. The van der Waals surface area contributed by atoms with Gasteiger partial charge >= 0.3 is 0 Å². The van der Waals surface area contributed by atoms with Crippen LogP contribution in [0.1, 0.15) is 66.6 Å². The Hall–Kier alpha value is -3.79. The van der Waals surface area contributed by atoms with Gasteiger partial charge in [0.15, 0.2) is 24.2 Å². The second-order valence-electron chi connectivity index (χ2n) is 10.8. The van der Waals surface area contributed by atoms with Gasteiger partial charge in [0.25, 0.3) is 11.8 Å². The molecule has 4 rings (SSSR count). The molecule has 2 aromatic heterocycles. The smallest absolute Gasteiger partial charge is 0.274 e. The number of hydrogen-bond donors (Lipinski definition) is 3. The number of carbonyl (C=O) groups is 2. The fourth-order valence-corrected chi connectivity index (χ4v) is 4.96. The summed E-state index contributed by atoms with van der Waals surface area (Å²) >= 11 is 0. The zero-order chi connectivity index (χ0) is 32.2. The van der Waals surface area contributed by atoms with E-state index in [1.807, 2.05) is 0 Å². The Labute approximate surface area is 246 Å². The Balaban J connectivity index is 1.55. The number of H-pyrrole nitrogens is 1. The van der Waals surface area contributed by atoms with Gasteiger partial charge in [0.1, 0.15) is 19.2 Å². The summed E-state index contributed by atoms with van der Waals surface area (Å²) in [6.45, 7) is -2.43. The Kier molecular flexibility index (Phi) is 10.4. The molecule has 44 heavy (non-hydrogen) atoms. The summed E-state index contributed by atoms with van der Waals surface area (Å²) in [5.74, 6) is -5.25. The van der Waals surface area contributed by atoms with E-state index in [0.717, 1.165) is 6.20 Å². The summed E-state index contributed by atoms with van der Waals surface area (Å²) < 4.78 is 107. The molecule has 1 saturated carbocycles. The molecule has 3 N–H and O–H groups in total. The van der Waals surface area contributed by atoms with E-state index in [4.69, 9.17) is 0 Å². The molecule has 17 heteroatoms. The third kappa shape index (κ3) is 7.83. The van der Waals surface area contributed by atoms with Gasteiger partial charge in [0.05, 0.1) is 35.9 Å². The van der Waals surface area contributed by atoms with E-state index in [2.05, 4.69) is 30.8 Å². The zero-order valence-corrected chi connectivity index (χ0v) is 23.4. The van der Waals surface area contributed by atoms with E-state index in [9.17, 15) is 44.7 Å². The highest BCUT2D eigenvalue weighted by Crippen LogP contribution is 2.41. The highest BCUT2D eigenvalue weighted by Gasteiger charge is 2.40. The van der Waals surface area contributed by atoms with E-state index in [0.29, 0.717) is 21.4 Å². The number of aromatic amines is 1. The molecule has 2 amide bonds. The first-order chi connectivity index (χ1) is 20.8. The topological polar surface area (TPSA) is 118 Å². The quantitative estimate of drug-likeness (QED) is 0.230. The predicted molar refractivity (Wildman–Crippen MR) is 141 cm³/mol. The molecule has 3 aromatic rings. The third-order valence-electron chi connectivity index (χ3n) is 7.56. The summed E-state index contributed by atoms with van der Waals surface area (Å²) in [4.78, 5) is 33.3. The van der Waals surface area contributed by atoms with Crippen molar-refractivity contribution >= 4 is 22.8 Å². The normalized spacial score (nSPS) is 19.6. The van der Waals surface area contributed by atoms with Crippen molar-refractivity contribution in [2.45, 2.75) is 81.8 Å². The number of carbonyl (C=O) groups excluding carboxylic acids is 2. The highest BCUT2D eigenvalue weighted by molar-refractivity contribution is 5.92. The Bertz CT molecular complexity index is 1430. The number of rotatable bonds is 13. The fourth-order valence-electron chi connectivity index (χ4n) is 4.96. The first kappa shape index (κ1) is 33.1. The van der Waals surface area contributed by atoms with Crippen molar-refractivity contribution in [1.29, 1.82) is 0 Å². The number of amides is 2. The number of imidazole rings is 1. The second-order valence-corrected chi connectivity index (χ2v) is 10.8. The molecule has 4 unspecified atom stereocenters. The monoisotopic (exact) mass is 637 g/mol. The molecule has 2 heterocycles. The van der Waals surface area contributed by atoms with Gasteiger partial charge in [-0.1, -0.05) is 6.07 Å². The van der Waals surface area contributed by atoms with Crippen LogP contribution >= 0.6 is 0 Å². The lowest BCUT2D eigenvalue weighted by atomic mass is 9.81. The molecule has 0 saturated heterocycles. The van der Waals surface area contributed by atoms with Crippen molar-refractivity contribution in [2.75, 3.05) is 13.3 Å². The number of nitrogens with zero attached hydrogens (tertiary/aromatic N) is 4. The van der Waals surface area contributed by atoms with Crippen LogP contribution in [0.3, 0.4) is 0 Å². The van der Waals surface area contributed by atoms with Crippen LogP contribution in [0.2, 0.25) is 0 Å². The van der Waals surface area contributed by atoms with Gasteiger partial charge in [-0.15, -0.1) is 5.10 Å². The summed E-state index contributed by atoms with van der Waals surface area (Å²) in [6.07, 6.45) is -9.67. The van der Waals surface area contributed by atoms with Crippen LogP contribution in [0.15, 0.2) is 24.4 Å². The van der Waals surface area contributed by atoms with Gasteiger partial charge in [-0.25, -0.2) is 40.1 Å². The molecule has 1 fully saturated rings. The molecule has 0 bridgehead atoms. The minimum Gasteiger partial charge on any atom is -0.347 e. The van der Waals surface area contributed by atoms with Gasteiger partial charge in [0, 0.05) is 12.8 Å². The van der Waals surface area contributed by atoms with Crippen LogP contribution in [0.25, 0.3) is 11.0 Å². The third-order valence-corrected chi connectivity index (χ3v) is 7.56. The molecule has 6 atom stereocenters. The number of alkyl halides is 8. The fraction of sp³-hybridized carbons (Fsp3) is 0.593. The Morgan fingerprint density at radius 3 is 2.39 bits per heavy atom. The molecule has 0 aliphatic heterocycles. The van der Waals surface area contributed by atoms with Crippen LogP contribution in [-0.4, -0.2) is 80.7 Å². The molecule has 1 aliphatic carbocycles. The van der Waals surface area contributed by atoms with Gasteiger partial charge in [-0.05, 0) is 43.4 Å². The van der Waals surface area contributed by atoms with Crippen molar-refractivity contribution < 1.29 is 44.7 Å². The lowest BCUT2D eigenvalue weighted by Gasteiger charge is -2.33. The zero-order valence-electron chi connectivity index (χ0n) is 23.4. The lowest BCUT2D eigenvalue weighted by Crippen LogP contribution is -2.39. The molecular formula is C27H31F8N7O2. The first-order valence-corrected chi connectivity index (χ1v) is 13.9.